The third-order valence-corrected chi connectivity index (χ3v) is 7.02. The van der Waals surface area contributed by atoms with Gasteiger partial charge >= 0.3 is 0 Å². The zero-order valence-electron chi connectivity index (χ0n) is 16.4. The van der Waals surface area contributed by atoms with E-state index in [2.05, 4.69) is 21.2 Å². The summed E-state index contributed by atoms with van der Waals surface area (Å²) in [4.78, 5) is 25.4. The normalized spacial score (nSPS) is 15.3. The molecule has 0 aliphatic carbocycles. The van der Waals surface area contributed by atoms with Crippen LogP contribution in [0.1, 0.15) is 12.5 Å². The van der Waals surface area contributed by atoms with E-state index < -0.39 is 10.0 Å². The molecular formula is C21H22BrN3O4S. The van der Waals surface area contributed by atoms with Gasteiger partial charge in [0, 0.05) is 49.3 Å². The lowest BCUT2D eigenvalue weighted by molar-refractivity contribution is -0.127. The minimum Gasteiger partial charge on any atom is -0.337 e. The molecule has 1 aliphatic heterocycles. The number of amides is 2. The van der Waals surface area contributed by atoms with Crippen LogP contribution in [0.5, 0.6) is 0 Å². The third kappa shape index (κ3) is 5.56. The lowest BCUT2D eigenvalue weighted by Crippen LogP contribution is -2.50. The highest BCUT2D eigenvalue weighted by atomic mass is 79.9. The molecule has 1 saturated heterocycles. The molecule has 3 rings (SSSR count). The van der Waals surface area contributed by atoms with Gasteiger partial charge < -0.3 is 10.2 Å². The van der Waals surface area contributed by atoms with Crippen molar-refractivity contribution >= 4 is 49.5 Å². The largest absolute Gasteiger partial charge is 0.337 e. The molecule has 7 nitrogen and oxygen atoms in total. The lowest BCUT2D eigenvalue weighted by atomic mass is 10.2. The van der Waals surface area contributed by atoms with Gasteiger partial charge in [-0.05, 0) is 42.0 Å². The molecule has 1 heterocycles. The molecule has 2 amide bonds. The number of benzene rings is 2. The highest BCUT2D eigenvalue weighted by Gasteiger charge is 2.29. The van der Waals surface area contributed by atoms with Crippen LogP contribution in [0, 0.1) is 0 Å². The molecule has 0 radical (unpaired) electrons. The zero-order chi connectivity index (χ0) is 21.7. The molecule has 2 aromatic carbocycles. The average Bonchev–Trinajstić information content (AvgIpc) is 2.73. The van der Waals surface area contributed by atoms with Gasteiger partial charge in [0.15, 0.2) is 0 Å². The topological polar surface area (TPSA) is 86.8 Å². The molecule has 2 aromatic rings. The van der Waals surface area contributed by atoms with Crippen molar-refractivity contribution in [2.45, 2.75) is 11.8 Å². The molecule has 1 aliphatic rings. The van der Waals surface area contributed by atoms with Crippen LogP contribution < -0.4 is 5.32 Å². The number of nitrogens with zero attached hydrogens (tertiary/aromatic N) is 2. The van der Waals surface area contributed by atoms with Crippen molar-refractivity contribution in [3.05, 3.63) is 64.6 Å². The van der Waals surface area contributed by atoms with E-state index in [0.717, 1.165) is 5.56 Å². The summed E-state index contributed by atoms with van der Waals surface area (Å²) < 4.78 is 27.7. The van der Waals surface area contributed by atoms with Crippen LogP contribution >= 0.6 is 15.9 Å². The summed E-state index contributed by atoms with van der Waals surface area (Å²) in [5, 5.41) is 2.69. The minimum atomic E-state index is -3.58. The molecule has 0 atom stereocenters. The van der Waals surface area contributed by atoms with Gasteiger partial charge in [-0.15, -0.1) is 0 Å². The highest BCUT2D eigenvalue weighted by molar-refractivity contribution is 9.10. The summed E-state index contributed by atoms with van der Waals surface area (Å²) in [7, 11) is -3.58. The van der Waals surface area contributed by atoms with Crippen LogP contribution in [0.25, 0.3) is 6.08 Å². The number of sulfonamides is 1. The number of anilines is 1. The predicted molar refractivity (Wildman–Crippen MR) is 119 cm³/mol. The fourth-order valence-electron chi connectivity index (χ4n) is 3.08. The molecular weight excluding hydrogens is 470 g/mol. The van der Waals surface area contributed by atoms with Gasteiger partial charge in [0.25, 0.3) is 0 Å². The summed E-state index contributed by atoms with van der Waals surface area (Å²) in [6.45, 7) is 2.60. The van der Waals surface area contributed by atoms with E-state index in [1.165, 1.54) is 17.3 Å². The maximum Gasteiger partial charge on any atom is 0.246 e. The van der Waals surface area contributed by atoms with Crippen LogP contribution in [0.15, 0.2) is 64.0 Å². The molecule has 0 aromatic heterocycles. The fourth-order valence-corrected chi connectivity index (χ4v) is 5.10. The summed E-state index contributed by atoms with van der Waals surface area (Å²) in [6, 6.07) is 13.7. The van der Waals surface area contributed by atoms with Crippen LogP contribution in [0.4, 0.5) is 5.69 Å². The van der Waals surface area contributed by atoms with Crippen molar-refractivity contribution in [2.75, 3.05) is 31.5 Å². The van der Waals surface area contributed by atoms with Crippen molar-refractivity contribution in [3.63, 3.8) is 0 Å². The number of rotatable bonds is 5. The molecule has 1 fully saturated rings. The summed E-state index contributed by atoms with van der Waals surface area (Å²) >= 11 is 3.30. The Morgan fingerprint density at radius 2 is 1.70 bits per heavy atom. The zero-order valence-corrected chi connectivity index (χ0v) is 18.8. The molecule has 1 N–H and O–H groups in total. The summed E-state index contributed by atoms with van der Waals surface area (Å²) in [5.41, 5.74) is 1.52. The first-order valence-corrected chi connectivity index (χ1v) is 11.6. The first-order chi connectivity index (χ1) is 14.3. The van der Waals surface area contributed by atoms with E-state index in [1.54, 1.807) is 59.5 Å². The molecule has 0 spiro atoms. The second kappa shape index (κ2) is 9.55. The Kier molecular flexibility index (Phi) is 7.06. The number of carbonyl (C=O) groups excluding carboxylic acids is 2. The van der Waals surface area contributed by atoms with Gasteiger partial charge in [-0.3, -0.25) is 9.59 Å². The fraction of sp³-hybridized carbons (Fsp3) is 0.238. The van der Waals surface area contributed by atoms with Crippen molar-refractivity contribution in [3.8, 4) is 0 Å². The lowest BCUT2D eigenvalue weighted by Gasteiger charge is -2.33. The summed E-state index contributed by atoms with van der Waals surface area (Å²) in [6.07, 6.45) is 3.18. The molecule has 0 bridgehead atoms. The molecule has 9 heteroatoms. The van der Waals surface area contributed by atoms with Crippen LogP contribution in [0.3, 0.4) is 0 Å². The van der Waals surface area contributed by atoms with E-state index >= 15 is 0 Å². The Balaban J connectivity index is 1.57. The van der Waals surface area contributed by atoms with Gasteiger partial charge in [0.05, 0.1) is 4.90 Å². The third-order valence-electron chi connectivity index (χ3n) is 4.63. The van der Waals surface area contributed by atoms with E-state index in [1.807, 2.05) is 0 Å². The van der Waals surface area contributed by atoms with Crippen molar-refractivity contribution < 1.29 is 18.0 Å². The minimum absolute atomic E-state index is 0.144. The second-order valence-electron chi connectivity index (χ2n) is 6.82. The van der Waals surface area contributed by atoms with Gasteiger partial charge in [-0.1, -0.05) is 34.1 Å². The monoisotopic (exact) mass is 491 g/mol. The standard InChI is InChI=1S/C21H22BrN3O4S/c1-16(26)23-19-8-5-17(6-9-19)7-10-21(27)24-11-13-25(14-12-24)30(28,29)20-4-2-3-18(22)15-20/h2-10,15H,11-14H2,1H3,(H,23,26)/b10-7+. The Bertz CT molecular complexity index is 1060. The average molecular weight is 492 g/mol. The number of halogens is 1. The second-order valence-corrected chi connectivity index (χ2v) is 9.68. The molecule has 0 unspecified atom stereocenters. The van der Waals surface area contributed by atoms with E-state index in [4.69, 9.17) is 0 Å². The maximum absolute atomic E-state index is 12.8. The first kappa shape index (κ1) is 22.2. The van der Waals surface area contributed by atoms with Crippen LogP contribution in [-0.2, 0) is 19.6 Å². The number of piperazine rings is 1. The van der Waals surface area contributed by atoms with Gasteiger partial charge in [-0.25, -0.2) is 8.42 Å². The Morgan fingerprint density at radius 3 is 2.30 bits per heavy atom. The van der Waals surface area contributed by atoms with E-state index in [9.17, 15) is 18.0 Å². The van der Waals surface area contributed by atoms with Gasteiger partial charge in [0.1, 0.15) is 0 Å². The Labute approximate surface area is 184 Å². The van der Waals surface area contributed by atoms with Crippen molar-refractivity contribution in [1.29, 1.82) is 0 Å². The van der Waals surface area contributed by atoms with Crippen LogP contribution in [0.2, 0.25) is 0 Å². The van der Waals surface area contributed by atoms with Crippen molar-refractivity contribution in [1.82, 2.24) is 9.21 Å². The highest BCUT2D eigenvalue weighted by Crippen LogP contribution is 2.21. The van der Waals surface area contributed by atoms with Gasteiger partial charge in [0.2, 0.25) is 21.8 Å². The molecule has 158 valence electrons. The SMILES string of the molecule is CC(=O)Nc1ccc(/C=C/C(=O)N2CCN(S(=O)(=O)c3cccc(Br)c3)CC2)cc1. The maximum atomic E-state index is 12.8. The van der Waals surface area contributed by atoms with E-state index in [-0.39, 0.29) is 29.8 Å². The van der Waals surface area contributed by atoms with Crippen LogP contribution in [-0.4, -0.2) is 55.6 Å². The quantitative estimate of drug-likeness (QED) is 0.651. The molecule has 0 saturated carbocycles. The predicted octanol–water partition coefficient (Wildman–Crippen LogP) is 2.95. The number of nitrogens with one attached hydrogen (secondary N) is 1. The van der Waals surface area contributed by atoms with Crippen molar-refractivity contribution in [2.24, 2.45) is 0 Å². The van der Waals surface area contributed by atoms with Gasteiger partial charge in [-0.2, -0.15) is 4.31 Å². The number of hydrogen-bond acceptors (Lipinski definition) is 4. The first-order valence-electron chi connectivity index (χ1n) is 9.36. The number of carbonyl (C=O) groups is 2. The Morgan fingerprint density at radius 1 is 1.03 bits per heavy atom. The smallest absolute Gasteiger partial charge is 0.246 e. The van der Waals surface area contributed by atoms with E-state index in [0.29, 0.717) is 23.2 Å². The number of hydrogen-bond donors (Lipinski definition) is 1. The Hall–Kier alpha value is -2.49. The molecule has 30 heavy (non-hydrogen) atoms. The summed E-state index contributed by atoms with van der Waals surface area (Å²) in [5.74, 6) is -0.310.